The fourth-order valence-corrected chi connectivity index (χ4v) is 1.51. The van der Waals surface area contributed by atoms with Crippen LogP contribution in [0.4, 0.5) is 19.0 Å². The van der Waals surface area contributed by atoms with Crippen molar-refractivity contribution in [3.8, 4) is 0 Å². The summed E-state index contributed by atoms with van der Waals surface area (Å²) >= 11 is 5.71. The third-order valence-corrected chi connectivity index (χ3v) is 2.52. The van der Waals surface area contributed by atoms with Crippen LogP contribution in [0.2, 0.25) is 5.02 Å². The van der Waals surface area contributed by atoms with Gasteiger partial charge in [-0.25, -0.2) is 4.98 Å². The molecule has 0 aliphatic rings. The summed E-state index contributed by atoms with van der Waals surface area (Å²) in [6, 6.07) is 4.70. The van der Waals surface area contributed by atoms with Crippen LogP contribution in [0.25, 0.3) is 0 Å². The third kappa shape index (κ3) is 3.45. The van der Waals surface area contributed by atoms with Crippen LogP contribution in [-0.4, -0.2) is 15.9 Å². The summed E-state index contributed by atoms with van der Waals surface area (Å²) in [6.07, 6.45) is -2.51. The van der Waals surface area contributed by atoms with Gasteiger partial charge < -0.3 is 5.32 Å². The van der Waals surface area contributed by atoms with E-state index in [0.29, 0.717) is 11.2 Å². The van der Waals surface area contributed by atoms with Gasteiger partial charge in [0.05, 0.1) is 5.56 Å². The van der Waals surface area contributed by atoms with Crippen molar-refractivity contribution in [3.63, 3.8) is 0 Å². The van der Waals surface area contributed by atoms with E-state index in [1.807, 2.05) is 0 Å². The van der Waals surface area contributed by atoms with Crippen molar-refractivity contribution in [1.29, 1.82) is 0 Å². The molecule has 4 nitrogen and oxygen atoms in total. The number of alkyl halides is 3. The molecule has 0 fully saturated rings. The van der Waals surface area contributed by atoms with E-state index in [1.54, 1.807) is 0 Å². The van der Waals surface area contributed by atoms with E-state index in [-0.39, 0.29) is 11.5 Å². The number of pyridine rings is 2. The fraction of sp³-hybridized carbons (Fsp3) is 0.0833. The Morgan fingerprint density at radius 3 is 2.50 bits per heavy atom. The Bertz CT molecular complexity index is 629. The van der Waals surface area contributed by atoms with Gasteiger partial charge in [0.25, 0.3) is 5.91 Å². The van der Waals surface area contributed by atoms with Crippen molar-refractivity contribution in [2.75, 3.05) is 5.32 Å². The van der Waals surface area contributed by atoms with E-state index >= 15 is 0 Å². The van der Waals surface area contributed by atoms with E-state index in [1.165, 1.54) is 18.3 Å². The summed E-state index contributed by atoms with van der Waals surface area (Å²) in [6.45, 7) is 0. The smallest absolute Gasteiger partial charge is 0.305 e. The van der Waals surface area contributed by atoms with E-state index in [4.69, 9.17) is 11.6 Å². The molecule has 1 amide bonds. The SMILES string of the molecule is O=C(Nc1cc(Cl)ccn1)c1ccc(C(F)(F)F)cn1. The summed E-state index contributed by atoms with van der Waals surface area (Å²) in [5.74, 6) is -0.488. The van der Waals surface area contributed by atoms with E-state index in [2.05, 4.69) is 15.3 Å². The second-order valence-electron chi connectivity index (χ2n) is 3.74. The third-order valence-electron chi connectivity index (χ3n) is 2.29. The molecule has 2 aromatic heterocycles. The molecule has 0 atom stereocenters. The first kappa shape index (κ1) is 14.3. The number of hydrogen-bond acceptors (Lipinski definition) is 3. The van der Waals surface area contributed by atoms with Crippen molar-refractivity contribution < 1.29 is 18.0 Å². The number of hydrogen-bond donors (Lipinski definition) is 1. The predicted octanol–water partition coefficient (Wildman–Crippen LogP) is 3.40. The molecule has 0 aromatic carbocycles. The molecule has 0 aliphatic heterocycles. The van der Waals surface area contributed by atoms with Crippen LogP contribution in [0.15, 0.2) is 36.7 Å². The molecular formula is C12H7ClF3N3O. The number of amides is 1. The molecule has 0 unspecified atom stereocenters. The summed E-state index contributed by atoms with van der Waals surface area (Å²) in [5.41, 5.74) is -1.07. The number of nitrogens with zero attached hydrogens (tertiary/aromatic N) is 2. The number of carbonyl (C=O) groups excluding carboxylic acids is 1. The maximum atomic E-state index is 12.3. The van der Waals surface area contributed by atoms with E-state index in [0.717, 1.165) is 12.1 Å². The summed E-state index contributed by atoms with van der Waals surface area (Å²) in [7, 11) is 0. The highest BCUT2D eigenvalue weighted by molar-refractivity contribution is 6.30. The van der Waals surface area contributed by atoms with Crippen LogP contribution >= 0.6 is 11.6 Å². The van der Waals surface area contributed by atoms with Gasteiger partial charge in [0, 0.05) is 17.4 Å². The normalized spacial score (nSPS) is 11.2. The Labute approximate surface area is 116 Å². The largest absolute Gasteiger partial charge is 0.417 e. The molecule has 2 heterocycles. The molecule has 104 valence electrons. The molecule has 2 rings (SSSR count). The molecule has 8 heteroatoms. The zero-order valence-electron chi connectivity index (χ0n) is 9.78. The number of anilines is 1. The Morgan fingerprint density at radius 2 is 1.95 bits per heavy atom. The molecule has 1 N–H and O–H groups in total. The zero-order chi connectivity index (χ0) is 14.8. The van der Waals surface area contributed by atoms with Gasteiger partial charge in [0.15, 0.2) is 0 Å². The van der Waals surface area contributed by atoms with Gasteiger partial charge in [0.2, 0.25) is 0 Å². The Balaban J connectivity index is 2.14. The quantitative estimate of drug-likeness (QED) is 0.925. The summed E-state index contributed by atoms with van der Waals surface area (Å²) in [5, 5.41) is 2.75. The second-order valence-corrected chi connectivity index (χ2v) is 4.18. The van der Waals surface area contributed by atoms with Gasteiger partial charge in [-0.05, 0) is 24.3 Å². The minimum atomic E-state index is -4.49. The molecular weight excluding hydrogens is 295 g/mol. The number of carbonyl (C=O) groups is 1. The van der Waals surface area contributed by atoms with Gasteiger partial charge >= 0.3 is 6.18 Å². The van der Waals surface area contributed by atoms with Crippen LogP contribution in [-0.2, 0) is 6.18 Å². The summed E-state index contributed by atoms with van der Waals surface area (Å²) in [4.78, 5) is 19.1. The number of nitrogens with one attached hydrogen (secondary N) is 1. The molecule has 0 spiro atoms. The van der Waals surface area contributed by atoms with Crippen LogP contribution in [0.3, 0.4) is 0 Å². The lowest BCUT2D eigenvalue weighted by atomic mass is 10.2. The van der Waals surface area contributed by atoms with Crippen LogP contribution in [0.1, 0.15) is 16.1 Å². The van der Waals surface area contributed by atoms with Crippen LogP contribution in [0, 0.1) is 0 Å². The molecule has 0 radical (unpaired) electrons. The Kier molecular flexibility index (Phi) is 3.89. The van der Waals surface area contributed by atoms with Crippen LogP contribution in [0.5, 0.6) is 0 Å². The lowest BCUT2D eigenvalue weighted by molar-refractivity contribution is -0.137. The van der Waals surface area contributed by atoms with Gasteiger partial charge in [-0.2, -0.15) is 13.2 Å². The number of rotatable bonds is 2. The molecule has 0 aliphatic carbocycles. The first-order chi connectivity index (χ1) is 9.36. The van der Waals surface area contributed by atoms with Crippen molar-refractivity contribution in [2.24, 2.45) is 0 Å². The lowest BCUT2D eigenvalue weighted by Gasteiger charge is -2.07. The average molecular weight is 302 g/mol. The van der Waals surface area contributed by atoms with Crippen molar-refractivity contribution in [3.05, 3.63) is 52.9 Å². The first-order valence-corrected chi connectivity index (χ1v) is 5.70. The lowest BCUT2D eigenvalue weighted by Crippen LogP contribution is -2.15. The van der Waals surface area contributed by atoms with Gasteiger partial charge in [0.1, 0.15) is 11.5 Å². The van der Waals surface area contributed by atoms with E-state index < -0.39 is 17.6 Å². The molecule has 0 bridgehead atoms. The topological polar surface area (TPSA) is 54.9 Å². The highest BCUT2D eigenvalue weighted by atomic mass is 35.5. The molecule has 2 aromatic rings. The monoisotopic (exact) mass is 301 g/mol. The highest BCUT2D eigenvalue weighted by Crippen LogP contribution is 2.28. The van der Waals surface area contributed by atoms with Crippen molar-refractivity contribution >= 4 is 23.3 Å². The molecule has 0 saturated heterocycles. The number of aromatic nitrogens is 2. The maximum absolute atomic E-state index is 12.3. The Morgan fingerprint density at radius 1 is 1.20 bits per heavy atom. The maximum Gasteiger partial charge on any atom is 0.417 e. The minimum Gasteiger partial charge on any atom is -0.305 e. The van der Waals surface area contributed by atoms with Crippen LogP contribution < -0.4 is 5.32 Å². The second kappa shape index (κ2) is 5.46. The summed E-state index contributed by atoms with van der Waals surface area (Å²) < 4.78 is 37.0. The van der Waals surface area contributed by atoms with E-state index in [9.17, 15) is 18.0 Å². The van der Waals surface area contributed by atoms with Crippen molar-refractivity contribution in [1.82, 2.24) is 9.97 Å². The highest BCUT2D eigenvalue weighted by Gasteiger charge is 2.30. The van der Waals surface area contributed by atoms with Gasteiger partial charge in [-0.3, -0.25) is 9.78 Å². The predicted molar refractivity (Wildman–Crippen MR) is 66.4 cm³/mol. The number of halogens is 4. The Hall–Kier alpha value is -2.15. The molecule has 0 saturated carbocycles. The van der Waals surface area contributed by atoms with Gasteiger partial charge in [-0.15, -0.1) is 0 Å². The standard InChI is InChI=1S/C12H7ClF3N3O/c13-8-3-4-17-10(5-8)19-11(20)9-2-1-7(6-18-9)12(14,15)16/h1-6H,(H,17,19,20). The van der Waals surface area contributed by atoms with Crippen molar-refractivity contribution in [2.45, 2.75) is 6.18 Å². The fourth-order valence-electron chi connectivity index (χ4n) is 1.35. The average Bonchev–Trinajstić information content (AvgIpc) is 2.38. The van der Waals surface area contributed by atoms with Gasteiger partial charge in [-0.1, -0.05) is 11.6 Å². The minimum absolute atomic E-state index is 0.153. The first-order valence-electron chi connectivity index (χ1n) is 5.32. The molecule has 20 heavy (non-hydrogen) atoms. The zero-order valence-corrected chi connectivity index (χ0v) is 10.5.